The first kappa shape index (κ1) is 42.4. The third-order valence-corrected chi connectivity index (χ3v) is 9.02. The standard InChI is InChI=1S/C29H33N.C13H25N.C2H6.C2H2/c1-23(2)28-15-9-10-25(21-28)20-24-16-18-30(19-17-24)22-29(26-11-5-3-6-12-26)27-13-7-4-8-14-27;1-6-9-13(8-3)11-14(5)10-12(4)7-2;2*1-2/h3-15,21,24,29H,1,16-20,22H2,2H3;6,8-9,12H,7,10-11H2,1-5H3;1-2H3;1-2H/b;9-6-,13-8+;;. The Bertz CT molecular complexity index is 1290. The van der Waals surface area contributed by atoms with Gasteiger partial charge in [-0.25, -0.2) is 0 Å². The van der Waals surface area contributed by atoms with E-state index >= 15 is 0 Å². The van der Waals surface area contributed by atoms with Gasteiger partial charge in [0.2, 0.25) is 0 Å². The summed E-state index contributed by atoms with van der Waals surface area (Å²) >= 11 is 0. The Morgan fingerprint density at radius 1 is 0.917 bits per heavy atom. The molecule has 3 aromatic rings. The smallest absolute Gasteiger partial charge is 0.0227 e. The number of piperidine rings is 1. The fourth-order valence-corrected chi connectivity index (χ4v) is 6.19. The molecular formula is C46H66N2. The zero-order chi connectivity index (χ0) is 35.7. The van der Waals surface area contributed by atoms with Crippen LogP contribution in [-0.2, 0) is 6.42 Å². The van der Waals surface area contributed by atoms with Gasteiger partial charge in [0.15, 0.2) is 0 Å². The zero-order valence-corrected chi connectivity index (χ0v) is 31.7. The number of terminal acetylenes is 1. The summed E-state index contributed by atoms with van der Waals surface area (Å²) in [5.74, 6) is 2.02. The molecular weight excluding hydrogens is 581 g/mol. The maximum atomic E-state index is 4.09. The van der Waals surface area contributed by atoms with Gasteiger partial charge in [0.25, 0.3) is 0 Å². The summed E-state index contributed by atoms with van der Waals surface area (Å²) in [5, 5.41) is 0. The lowest BCUT2D eigenvalue weighted by Crippen LogP contribution is -2.37. The van der Waals surface area contributed by atoms with E-state index in [1.165, 1.54) is 73.1 Å². The van der Waals surface area contributed by atoms with Crippen molar-refractivity contribution < 1.29 is 0 Å². The molecule has 0 amide bonds. The van der Waals surface area contributed by atoms with E-state index in [2.05, 4.69) is 174 Å². The van der Waals surface area contributed by atoms with Gasteiger partial charge in [0.05, 0.1) is 0 Å². The summed E-state index contributed by atoms with van der Waals surface area (Å²) in [6, 6.07) is 30.9. The molecule has 1 heterocycles. The Morgan fingerprint density at radius 3 is 1.96 bits per heavy atom. The first-order valence-electron chi connectivity index (χ1n) is 18.2. The Balaban J connectivity index is 0.000000542. The van der Waals surface area contributed by atoms with E-state index < -0.39 is 0 Å². The normalized spacial score (nSPS) is 14.3. The predicted molar refractivity (Wildman–Crippen MR) is 216 cm³/mol. The third kappa shape index (κ3) is 16.0. The van der Waals surface area contributed by atoms with E-state index in [4.69, 9.17) is 0 Å². The van der Waals surface area contributed by atoms with Crippen LogP contribution < -0.4 is 0 Å². The molecule has 0 aromatic heterocycles. The molecule has 0 aliphatic carbocycles. The number of hydrogen-bond acceptors (Lipinski definition) is 2. The Hall–Kier alpha value is -3.64. The lowest BCUT2D eigenvalue weighted by atomic mass is 9.87. The average molecular weight is 647 g/mol. The highest BCUT2D eigenvalue weighted by Gasteiger charge is 2.23. The van der Waals surface area contributed by atoms with Crippen LogP contribution in [0.25, 0.3) is 5.57 Å². The summed E-state index contributed by atoms with van der Waals surface area (Å²) in [5.41, 5.74) is 8.13. The molecule has 1 aliphatic heterocycles. The Kier molecular flexibility index (Phi) is 22.4. The van der Waals surface area contributed by atoms with E-state index in [1.54, 1.807) is 0 Å². The van der Waals surface area contributed by atoms with Gasteiger partial charge in [-0.1, -0.05) is 149 Å². The molecule has 1 atom stereocenters. The first-order chi connectivity index (χ1) is 23.3. The van der Waals surface area contributed by atoms with Crippen LogP contribution in [0.3, 0.4) is 0 Å². The molecule has 1 fully saturated rings. The number of nitrogens with zero attached hydrogens (tertiary/aromatic N) is 2. The van der Waals surface area contributed by atoms with Crippen molar-refractivity contribution in [2.75, 3.05) is 39.8 Å². The van der Waals surface area contributed by atoms with Gasteiger partial charge in [-0.05, 0) is 99.8 Å². The van der Waals surface area contributed by atoms with Crippen LogP contribution in [0.1, 0.15) is 95.9 Å². The molecule has 0 bridgehead atoms. The minimum Gasteiger partial charge on any atom is -0.302 e. The molecule has 0 N–H and O–H groups in total. The van der Waals surface area contributed by atoms with E-state index in [0.717, 1.165) is 30.5 Å². The number of rotatable bonds is 13. The topological polar surface area (TPSA) is 6.48 Å². The second kappa shape index (κ2) is 25.4. The molecule has 1 saturated heterocycles. The highest BCUT2D eigenvalue weighted by Crippen LogP contribution is 2.29. The van der Waals surface area contributed by atoms with E-state index in [1.807, 2.05) is 13.8 Å². The van der Waals surface area contributed by atoms with Crippen LogP contribution in [-0.4, -0.2) is 49.6 Å². The highest BCUT2D eigenvalue weighted by molar-refractivity contribution is 5.61. The van der Waals surface area contributed by atoms with Crippen LogP contribution >= 0.6 is 0 Å². The van der Waals surface area contributed by atoms with Crippen molar-refractivity contribution in [2.24, 2.45) is 11.8 Å². The van der Waals surface area contributed by atoms with Gasteiger partial charge < -0.3 is 9.80 Å². The molecule has 0 saturated carbocycles. The summed E-state index contributed by atoms with van der Waals surface area (Å²) in [6.07, 6.45) is 19.5. The SMILES string of the molecule is C#C.C/C=C\C(=C/C)CN(C)CC(C)CC.C=C(C)c1cccc(CC2CCN(CC(c3ccccc3)c3ccccc3)CC2)c1.CC. The highest BCUT2D eigenvalue weighted by atomic mass is 15.1. The van der Waals surface area contributed by atoms with Crippen molar-refractivity contribution >= 4 is 5.57 Å². The summed E-state index contributed by atoms with van der Waals surface area (Å²) in [7, 11) is 2.19. The third-order valence-electron chi connectivity index (χ3n) is 9.02. The molecule has 2 nitrogen and oxygen atoms in total. The van der Waals surface area contributed by atoms with Crippen LogP contribution in [0.4, 0.5) is 0 Å². The second-order valence-electron chi connectivity index (χ2n) is 12.9. The first-order valence-corrected chi connectivity index (χ1v) is 18.2. The molecule has 0 radical (unpaired) electrons. The van der Waals surface area contributed by atoms with Gasteiger partial charge >= 0.3 is 0 Å². The van der Waals surface area contributed by atoms with Crippen molar-refractivity contribution in [3.8, 4) is 12.8 Å². The Labute approximate surface area is 296 Å². The van der Waals surface area contributed by atoms with Crippen LogP contribution in [0.5, 0.6) is 0 Å². The molecule has 4 rings (SSSR count). The quantitative estimate of drug-likeness (QED) is 0.135. The van der Waals surface area contributed by atoms with E-state index in [0.29, 0.717) is 5.92 Å². The van der Waals surface area contributed by atoms with Crippen molar-refractivity contribution in [3.63, 3.8) is 0 Å². The van der Waals surface area contributed by atoms with Crippen LogP contribution in [0, 0.1) is 24.7 Å². The molecule has 3 aromatic carbocycles. The fourth-order valence-electron chi connectivity index (χ4n) is 6.19. The number of allylic oxidation sites excluding steroid dienone is 3. The summed E-state index contributed by atoms with van der Waals surface area (Å²) < 4.78 is 0. The minimum absolute atomic E-state index is 0.441. The minimum atomic E-state index is 0.441. The molecule has 0 spiro atoms. The predicted octanol–water partition coefficient (Wildman–Crippen LogP) is 11.6. The molecule has 48 heavy (non-hydrogen) atoms. The average Bonchev–Trinajstić information content (AvgIpc) is 3.13. The lowest BCUT2D eigenvalue weighted by Gasteiger charge is -2.34. The van der Waals surface area contributed by atoms with Crippen molar-refractivity contribution in [3.05, 3.63) is 138 Å². The van der Waals surface area contributed by atoms with Crippen molar-refractivity contribution in [2.45, 2.75) is 80.1 Å². The number of likely N-dealkylation sites (tertiary alicyclic amines) is 1. The fraction of sp³-hybridized carbons (Fsp3) is 0.435. The monoisotopic (exact) mass is 647 g/mol. The maximum Gasteiger partial charge on any atom is 0.0227 e. The van der Waals surface area contributed by atoms with Gasteiger partial charge in [0.1, 0.15) is 0 Å². The van der Waals surface area contributed by atoms with E-state index in [9.17, 15) is 0 Å². The Morgan fingerprint density at radius 2 is 1.48 bits per heavy atom. The van der Waals surface area contributed by atoms with Gasteiger partial charge in [-0.3, -0.25) is 0 Å². The number of hydrogen-bond donors (Lipinski definition) is 0. The number of likely N-dealkylation sites (N-methyl/N-ethyl adjacent to an activating group) is 1. The van der Waals surface area contributed by atoms with Crippen LogP contribution in [0.15, 0.2) is 115 Å². The molecule has 2 heteroatoms. The van der Waals surface area contributed by atoms with Gasteiger partial charge in [0, 0.05) is 25.6 Å². The van der Waals surface area contributed by atoms with Crippen LogP contribution in [0.2, 0.25) is 0 Å². The second-order valence-corrected chi connectivity index (χ2v) is 12.9. The number of benzene rings is 3. The molecule has 1 unspecified atom stereocenters. The summed E-state index contributed by atoms with van der Waals surface area (Å²) in [4.78, 5) is 5.06. The van der Waals surface area contributed by atoms with Gasteiger partial charge in [-0.2, -0.15) is 0 Å². The van der Waals surface area contributed by atoms with E-state index in [-0.39, 0.29) is 0 Å². The van der Waals surface area contributed by atoms with Gasteiger partial charge in [-0.15, -0.1) is 12.8 Å². The molecule has 1 aliphatic rings. The lowest BCUT2D eigenvalue weighted by molar-refractivity contribution is 0.179. The van der Waals surface area contributed by atoms with Crippen molar-refractivity contribution in [1.82, 2.24) is 9.80 Å². The zero-order valence-electron chi connectivity index (χ0n) is 31.7. The maximum absolute atomic E-state index is 4.09. The van der Waals surface area contributed by atoms with Crippen molar-refractivity contribution in [1.29, 1.82) is 0 Å². The largest absolute Gasteiger partial charge is 0.302 e. The molecule has 260 valence electrons. The summed E-state index contributed by atoms with van der Waals surface area (Å²) in [6.45, 7) is 24.7.